The minimum Gasteiger partial charge on any atom is -0.320 e. The SMILES string of the molecule is CCCc1cc[n+](CC(=O)Nc2ccccc2I)cc1. The van der Waals surface area contributed by atoms with Gasteiger partial charge >= 0.3 is 0 Å². The van der Waals surface area contributed by atoms with Gasteiger partial charge in [0, 0.05) is 15.7 Å². The summed E-state index contributed by atoms with van der Waals surface area (Å²) in [6.07, 6.45) is 6.13. The maximum absolute atomic E-state index is 12.0. The lowest BCUT2D eigenvalue weighted by atomic mass is 10.2. The number of halogens is 1. The summed E-state index contributed by atoms with van der Waals surface area (Å²) >= 11 is 2.22. The highest BCUT2D eigenvalue weighted by Crippen LogP contribution is 2.16. The first-order valence-corrected chi connectivity index (χ1v) is 7.79. The summed E-state index contributed by atoms with van der Waals surface area (Å²) in [5.74, 6) is -0.0117. The van der Waals surface area contributed by atoms with Crippen LogP contribution in [0, 0.1) is 3.57 Å². The van der Waals surface area contributed by atoms with E-state index in [0.717, 1.165) is 22.1 Å². The van der Waals surface area contributed by atoms with Crippen LogP contribution < -0.4 is 9.88 Å². The summed E-state index contributed by atoms with van der Waals surface area (Å²) in [6.45, 7) is 2.49. The van der Waals surface area contributed by atoms with Crippen LogP contribution in [0.15, 0.2) is 48.8 Å². The highest BCUT2D eigenvalue weighted by molar-refractivity contribution is 14.1. The summed E-state index contributed by atoms with van der Waals surface area (Å²) in [7, 11) is 0. The second-order valence-corrected chi connectivity index (χ2v) is 5.82. The molecule has 0 atom stereocenters. The van der Waals surface area contributed by atoms with Crippen molar-refractivity contribution in [1.82, 2.24) is 0 Å². The van der Waals surface area contributed by atoms with Crippen LogP contribution in [0.2, 0.25) is 0 Å². The van der Waals surface area contributed by atoms with E-state index in [-0.39, 0.29) is 5.91 Å². The highest BCUT2D eigenvalue weighted by atomic mass is 127. The number of pyridine rings is 1. The second-order valence-electron chi connectivity index (χ2n) is 4.66. The number of carbonyl (C=O) groups excluding carboxylic acids is 1. The van der Waals surface area contributed by atoms with Crippen LogP contribution >= 0.6 is 22.6 Å². The van der Waals surface area contributed by atoms with Gasteiger partial charge in [0.2, 0.25) is 6.54 Å². The Balaban J connectivity index is 1.96. The first kappa shape index (κ1) is 15.0. The van der Waals surface area contributed by atoms with Crippen LogP contribution in [0.1, 0.15) is 18.9 Å². The molecule has 0 unspecified atom stereocenters. The summed E-state index contributed by atoms with van der Waals surface area (Å²) in [6, 6.07) is 11.9. The molecule has 4 heteroatoms. The fourth-order valence-electron chi connectivity index (χ4n) is 1.97. The summed E-state index contributed by atoms with van der Waals surface area (Å²) in [5.41, 5.74) is 2.17. The lowest BCUT2D eigenvalue weighted by molar-refractivity contribution is -0.684. The molecule has 0 spiro atoms. The van der Waals surface area contributed by atoms with E-state index in [1.54, 1.807) is 0 Å². The van der Waals surface area contributed by atoms with Crippen molar-refractivity contribution in [2.75, 3.05) is 5.32 Å². The normalized spacial score (nSPS) is 10.3. The molecule has 0 bridgehead atoms. The van der Waals surface area contributed by atoms with Crippen molar-refractivity contribution in [3.8, 4) is 0 Å². The van der Waals surface area contributed by atoms with Crippen molar-refractivity contribution in [1.29, 1.82) is 0 Å². The molecule has 1 amide bonds. The standard InChI is InChI=1S/C16H17IN2O/c1-2-5-13-8-10-19(11-9-13)12-16(20)18-15-7-4-3-6-14(15)17/h3-4,6-11H,2,5,12H2,1H3/p+1. The molecule has 0 saturated carbocycles. The minimum atomic E-state index is -0.0117. The molecular weight excluding hydrogens is 363 g/mol. The largest absolute Gasteiger partial charge is 0.320 e. The van der Waals surface area contributed by atoms with Crippen LogP contribution in [0.3, 0.4) is 0 Å². The molecule has 0 saturated heterocycles. The number of carbonyl (C=O) groups is 1. The van der Waals surface area contributed by atoms with E-state index in [1.165, 1.54) is 5.56 Å². The van der Waals surface area contributed by atoms with Crippen LogP contribution in [-0.2, 0) is 17.8 Å². The zero-order valence-corrected chi connectivity index (χ0v) is 13.6. The maximum atomic E-state index is 12.0. The summed E-state index contributed by atoms with van der Waals surface area (Å²) < 4.78 is 2.94. The van der Waals surface area contributed by atoms with Crippen molar-refractivity contribution in [2.24, 2.45) is 0 Å². The predicted molar refractivity (Wildman–Crippen MR) is 88.4 cm³/mol. The second kappa shape index (κ2) is 7.38. The number of aryl methyl sites for hydroxylation is 1. The molecule has 0 aliphatic heterocycles. The lowest BCUT2D eigenvalue weighted by Crippen LogP contribution is -2.39. The zero-order valence-electron chi connectivity index (χ0n) is 11.5. The first-order valence-electron chi connectivity index (χ1n) is 6.71. The number of para-hydroxylation sites is 1. The molecule has 1 aromatic heterocycles. The number of anilines is 1. The van der Waals surface area contributed by atoms with E-state index in [2.05, 4.69) is 47.0 Å². The molecule has 2 aromatic rings. The van der Waals surface area contributed by atoms with Gasteiger partial charge in [-0.1, -0.05) is 25.5 Å². The molecule has 20 heavy (non-hydrogen) atoms. The first-order chi connectivity index (χ1) is 9.69. The van der Waals surface area contributed by atoms with Crippen molar-refractivity contribution in [2.45, 2.75) is 26.3 Å². The van der Waals surface area contributed by atoms with E-state index in [0.29, 0.717) is 6.54 Å². The van der Waals surface area contributed by atoms with Crippen LogP contribution in [0.25, 0.3) is 0 Å². The van der Waals surface area contributed by atoms with E-state index in [4.69, 9.17) is 0 Å². The molecule has 1 heterocycles. The lowest BCUT2D eigenvalue weighted by Gasteiger charge is -2.05. The quantitative estimate of drug-likeness (QED) is 0.627. The third-order valence-electron chi connectivity index (χ3n) is 2.97. The highest BCUT2D eigenvalue weighted by Gasteiger charge is 2.10. The van der Waals surface area contributed by atoms with Crippen molar-refractivity contribution >= 4 is 34.2 Å². The number of hydrogen-bond acceptors (Lipinski definition) is 1. The number of hydrogen-bond donors (Lipinski definition) is 1. The summed E-state index contributed by atoms with van der Waals surface area (Å²) in [4.78, 5) is 12.0. The third-order valence-corrected chi connectivity index (χ3v) is 3.91. The fourth-order valence-corrected chi connectivity index (χ4v) is 2.49. The maximum Gasteiger partial charge on any atom is 0.290 e. The number of rotatable bonds is 5. The molecule has 0 aliphatic carbocycles. The zero-order chi connectivity index (χ0) is 14.4. The monoisotopic (exact) mass is 381 g/mol. The molecule has 0 fully saturated rings. The molecule has 1 aromatic carbocycles. The van der Waals surface area contributed by atoms with Gasteiger partial charge in [-0.15, -0.1) is 0 Å². The number of nitrogens with zero attached hydrogens (tertiary/aromatic N) is 1. The molecular formula is C16H18IN2O+. The van der Waals surface area contributed by atoms with Gasteiger partial charge in [-0.25, -0.2) is 0 Å². The Morgan fingerprint density at radius 2 is 1.90 bits per heavy atom. The molecule has 0 aliphatic rings. The van der Waals surface area contributed by atoms with Crippen LogP contribution in [0.4, 0.5) is 5.69 Å². The Bertz CT molecular complexity index is 581. The average molecular weight is 381 g/mol. The van der Waals surface area contributed by atoms with Crippen LogP contribution in [0.5, 0.6) is 0 Å². The Hall–Kier alpha value is -1.43. The number of nitrogens with one attached hydrogen (secondary N) is 1. The smallest absolute Gasteiger partial charge is 0.290 e. The number of benzene rings is 1. The Morgan fingerprint density at radius 1 is 1.20 bits per heavy atom. The Morgan fingerprint density at radius 3 is 2.55 bits per heavy atom. The number of amides is 1. The Labute approximate surface area is 133 Å². The minimum absolute atomic E-state index is 0.0117. The van der Waals surface area contributed by atoms with Gasteiger partial charge < -0.3 is 5.32 Å². The average Bonchev–Trinajstić information content (AvgIpc) is 2.44. The Kier molecular flexibility index (Phi) is 5.52. The molecule has 3 nitrogen and oxygen atoms in total. The third kappa shape index (κ3) is 4.30. The summed E-state index contributed by atoms with van der Waals surface area (Å²) in [5, 5.41) is 2.93. The van der Waals surface area contributed by atoms with Gasteiger partial charge in [0.1, 0.15) is 0 Å². The van der Waals surface area contributed by atoms with Gasteiger partial charge in [0.05, 0.1) is 5.69 Å². The predicted octanol–water partition coefficient (Wildman–Crippen LogP) is 3.17. The van der Waals surface area contributed by atoms with Gasteiger partial charge in [-0.05, 0) is 46.7 Å². The molecule has 0 radical (unpaired) electrons. The van der Waals surface area contributed by atoms with Crippen molar-refractivity contribution < 1.29 is 9.36 Å². The van der Waals surface area contributed by atoms with Crippen LogP contribution in [-0.4, -0.2) is 5.91 Å². The van der Waals surface area contributed by atoms with E-state index >= 15 is 0 Å². The van der Waals surface area contributed by atoms with E-state index in [1.807, 2.05) is 41.2 Å². The van der Waals surface area contributed by atoms with E-state index < -0.39 is 0 Å². The topological polar surface area (TPSA) is 33.0 Å². The molecule has 2 rings (SSSR count). The van der Waals surface area contributed by atoms with Crippen molar-refractivity contribution in [3.05, 3.63) is 57.9 Å². The molecule has 104 valence electrons. The van der Waals surface area contributed by atoms with Gasteiger partial charge in [-0.2, -0.15) is 4.57 Å². The fraction of sp³-hybridized carbons (Fsp3) is 0.250. The molecule has 1 N–H and O–H groups in total. The van der Waals surface area contributed by atoms with Crippen molar-refractivity contribution in [3.63, 3.8) is 0 Å². The van der Waals surface area contributed by atoms with E-state index in [9.17, 15) is 4.79 Å². The number of aromatic nitrogens is 1. The van der Waals surface area contributed by atoms with Gasteiger partial charge in [0.15, 0.2) is 12.4 Å². The van der Waals surface area contributed by atoms with Gasteiger partial charge in [0.25, 0.3) is 5.91 Å². The van der Waals surface area contributed by atoms with Gasteiger partial charge in [-0.3, -0.25) is 4.79 Å².